The van der Waals surface area contributed by atoms with Crippen LogP contribution in [-0.2, 0) is 6.54 Å². The number of benzene rings is 2. The van der Waals surface area contributed by atoms with E-state index in [2.05, 4.69) is 34.3 Å². The lowest BCUT2D eigenvalue weighted by Gasteiger charge is -2.34. The van der Waals surface area contributed by atoms with Crippen molar-refractivity contribution in [1.82, 2.24) is 15.0 Å². The number of carbonyl (C=O) groups excluding carboxylic acids is 1. The standard InChI is InChI=1S/C21H20ClN3O2/c22-18-8-6-17(7-9-18)20-14-19(23-27-20)21(26)25-12-10-24(11-13-25)15-16-4-2-1-3-5-16/h1-9,14H,10-13,15H2. The van der Waals surface area contributed by atoms with E-state index in [1.165, 1.54) is 5.56 Å². The van der Waals surface area contributed by atoms with Crippen LogP contribution in [-0.4, -0.2) is 47.0 Å². The van der Waals surface area contributed by atoms with E-state index >= 15 is 0 Å². The molecule has 27 heavy (non-hydrogen) atoms. The highest BCUT2D eigenvalue weighted by molar-refractivity contribution is 6.30. The van der Waals surface area contributed by atoms with Gasteiger partial charge in [0.25, 0.3) is 5.91 Å². The Morgan fingerprint density at radius 1 is 1.00 bits per heavy atom. The molecule has 1 saturated heterocycles. The molecule has 0 aliphatic carbocycles. The predicted octanol–water partition coefficient (Wildman–Crippen LogP) is 3.95. The Hall–Kier alpha value is -2.63. The first-order chi connectivity index (χ1) is 13.2. The number of hydrogen-bond acceptors (Lipinski definition) is 4. The Kier molecular flexibility index (Phi) is 5.23. The molecule has 1 aliphatic rings. The Balaban J connectivity index is 1.36. The smallest absolute Gasteiger partial charge is 0.276 e. The summed E-state index contributed by atoms with van der Waals surface area (Å²) in [4.78, 5) is 16.9. The Bertz CT molecular complexity index is 901. The molecule has 0 atom stereocenters. The molecule has 0 bridgehead atoms. The molecule has 6 heteroatoms. The van der Waals surface area contributed by atoms with E-state index in [4.69, 9.17) is 16.1 Å². The van der Waals surface area contributed by atoms with Crippen molar-refractivity contribution in [2.45, 2.75) is 6.54 Å². The highest BCUT2D eigenvalue weighted by Crippen LogP contribution is 2.23. The van der Waals surface area contributed by atoms with Crippen molar-refractivity contribution >= 4 is 17.5 Å². The van der Waals surface area contributed by atoms with Crippen molar-refractivity contribution in [3.05, 3.63) is 76.9 Å². The van der Waals surface area contributed by atoms with Crippen LogP contribution in [0.3, 0.4) is 0 Å². The summed E-state index contributed by atoms with van der Waals surface area (Å²) >= 11 is 5.91. The van der Waals surface area contributed by atoms with Gasteiger partial charge in [0.2, 0.25) is 0 Å². The minimum atomic E-state index is -0.0849. The van der Waals surface area contributed by atoms with Gasteiger partial charge >= 0.3 is 0 Å². The van der Waals surface area contributed by atoms with E-state index in [0.717, 1.165) is 25.2 Å². The van der Waals surface area contributed by atoms with Crippen molar-refractivity contribution < 1.29 is 9.32 Å². The number of nitrogens with zero attached hydrogens (tertiary/aromatic N) is 3. The number of carbonyl (C=O) groups is 1. The van der Waals surface area contributed by atoms with Crippen LogP contribution in [0.4, 0.5) is 0 Å². The van der Waals surface area contributed by atoms with Crippen LogP contribution in [0.5, 0.6) is 0 Å². The van der Waals surface area contributed by atoms with Crippen molar-refractivity contribution in [2.75, 3.05) is 26.2 Å². The number of halogens is 1. The zero-order valence-corrected chi connectivity index (χ0v) is 15.6. The van der Waals surface area contributed by atoms with Crippen molar-refractivity contribution in [3.63, 3.8) is 0 Å². The Labute approximate surface area is 163 Å². The van der Waals surface area contributed by atoms with E-state index < -0.39 is 0 Å². The van der Waals surface area contributed by atoms with Gasteiger partial charge in [-0.05, 0) is 29.8 Å². The van der Waals surface area contributed by atoms with Crippen LogP contribution in [0.15, 0.2) is 65.2 Å². The highest BCUT2D eigenvalue weighted by Gasteiger charge is 2.24. The number of amides is 1. The van der Waals surface area contributed by atoms with Gasteiger partial charge in [0.15, 0.2) is 11.5 Å². The highest BCUT2D eigenvalue weighted by atomic mass is 35.5. The third kappa shape index (κ3) is 4.21. The molecule has 0 unspecified atom stereocenters. The molecule has 1 aliphatic heterocycles. The third-order valence-corrected chi connectivity index (χ3v) is 5.02. The normalized spacial score (nSPS) is 15.1. The van der Waals surface area contributed by atoms with Crippen LogP contribution in [0.2, 0.25) is 5.02 Å². The van der Waals surface area contributed by atoms with Gasteiger partial charge in [-0.3, -0.25) is 9.69 Å². The number of rotatable bonds is 4. The van der Waals surface area contributed by atoms with Gasteiger partial charge in [-0.2, -0.15) is 0 Å². The summed E-state index contributed by atoms with van der Waals surface area (Å²) in [7, 11) is 0. The van der Waals surface area contributed by atoms with Crippen LogP contribution >= 0.6 is 11.6 Å². The Morgan fingerprint density at radius 3 is 2.41 bits per heavy atom. The molecule has 0 radical (unpaired) electrons. The fourth-order valence-corrected chi connectivity index (χ4v) is 3.36. The maximum atomic E-state index is 12.7. The van der Waals surface area contributed by atoms with Crippen LogP contribution in [0.1, 0.15) is 16.1 Å². The first-order valence-electron chi connectivity index (χ1n) is 8.97. The monoisotopic (exact) mass is 381 g/mol. The molecule has 1 fully saturated rings. The van der Waals surface area contributed by atoms with Crippen LogP contribution < -0.4 is 0 Å². The van der Waals surface area contributed by atoms with Crippen molar-refractivity contribution in [2.24, 2.45) is 0 Å². The summed E-state index contributed by atoms with van der Waals surface area (Å²) < 4.78 is 5.35. The zero-order chi connectivity index (χ0) is 18.6. The predicted molar refractivity (Wildman–Crippen MR) is 105 cm³/mol. The summed E-state index contributed by atoms with van der Waals surface area (Å²) in [6.07, 6.45) is 0. The minimum absolute atomic E-state index is 0.0849. The molecule has 3 aromatic rings. The van der Waals surface area contributed by atoms with Gasteiger partial charge in [0.1, 0.15) is 0 Å². The van der Waals surface area contributed by atoms with Gasteiger partial charge in [0.05, 0.1) is 0 Å². The number of hydrogen-bond donors (Lipinski definition) is 0. The molecule has 138 valence electrons. The largest absolute Gasteiger partial charge is 0.355 e. The molecule has 2 heterocycles. The van der Waals surface area contributed by atoms with E-state index in [1.807, 2.05) is 23.1 Å². The molecule has 5 nitrogen and oxygen atoms in total. The molecule has 0 N–H and O–H groups in total. The van der Waals surface area contributed by atoms with Gasteiger partial charge < -0.3 is 9.42 Å². The molecular formula is C21H20ClN3O2. The average molecular weight is 382 g/mol. The van der Waals surface area contributed by atoms with Crippen molar-refractivity contribution in [3.8, 4) is 11.3 Å². The molecule has 2 aromatic carbocycles. The van der Waals surface area contributed by atoms with Gasteiger partial charge in [-0.15, -0.1) is 0 Å². The second kappa shape index (κ2) is 7.94. The first kappa shape index (κ1) is 17.8. The average Bonchev–Trinajstić information content (AvgIpc) is 3.20. The Morgan fingerprint density at radius 2 is 1.70 bits per heavy atom. The topological polar surface area (TPSA) is 49.6 Å². The number of aromatic nitrogens is 1. The lowest BCUT2D eigenvalue weighted by molar-refractivity contribution is 0.0618. The zero-order valence-electron chi connectivity index (χ0n) is 14.8. The summed E-state index contributed by atoms with van der Waals surface area (Å²) in [5.74, 6) is 0.482. The molecule has 0 spiro atoms. The van der Waals surface area contributed by atoms with E-state index in [0.29, 0.717) is 29.6 Å². The third-order valence-electron chi connectivity index (χ3n) is 4.77. The van der Waals surface area contributed by atoms with Gasteiger partial charge in [-0.25, -0.2) is 0 Å². The van der Waals surface area contributed by atoms with E-state index in [-0.39, 0.29) is 5.91 Å². The second-order valence-corrected chi connectivity index (χ2v) is 7.07. The maximum Gasteiger partial charge on any atom is 0.276 e. The molecule has 4 rings (SSSR count). The van der Waals surface area contributed by atoms with E-state index in [9.17, 15) is 4.79 Å². The summed E-state index contributed by atoms with van der Waals surface area (Å²) in [5, 5.41) is 4.62. The fourth-order valence-electron chi connectivity index (χ4n) is 3.24. The molecular weight excluding hydrogens is 362 g/mol. The minimum Gasteiger partial charge on any atom is -0.355 e. The van der Waals surface area contributed by atoms with Crippen LogP contribution in [0, 0.1) is 0 Å². The molecule has 1 aromatic heterocycles. The summed E-state index contributed by atoms with van der Waals surface area (Å²) in [5.41, 5.74) is 2.48. The fraction of sp³-hybridized carbons (Fsp3) is 0.238. The number of piperazine rings is 1. The maximum absolute atomic E-state index is 12.7. The molecule has 0 saturated carbocycles. The van der Waals surface area contributed by atoms with E-state index in [1.54, 1.807) is 18.2 Å². The lowest BCUT2D eigenvalue weighted by Crippen LogP contribution is -2.48. The summed E-state index contributed by atoms with van der Waals surface area (Å²) in [6.45, 7) is 3.99. The van der Waals surface area contributed by atoms with Gasteiger partial charge in [0, 0.05) is 49.4 Å². The molecule has 1 amide bonds. The lowest BCUT2D eigenvalue weighted by atomic mass is 10.1. The second-order valence-electron chi connectivity index (χ2n) is 6.64. The SMILES string of the molecule is O=C(c1cc(-c2ccc(Cl)cc2)on1)N1CCN(Cc2ccccc2)CC1. The van der Waals surface area contributed by atoms with Crippen LogP contribution in [0.25, 0.3) is 11.3 Å². The van der Waals surface area contributed by atoms with Crippen molar-refractivity contribution in [1.29, 1.82) is 0 Å². The van der Waals surface area contributed by atoms with Gasteiger partial charge in [-0.1, -0.05) is 47.1 Å². The summed E-state index contributed by atoms with van der Waals surface area (Å²) in [6, 6.07) is 19.4. The first-order valence-corrected chi connectivity index (χ1v) is 9.35. The quantitative estimate of drug-likeness (QED) is 0.686.